The van der Waals surface area contributed by atoms with Crippen molar-refractivity contribution in [2.75, 3.05) is 39.9 Å². The highest BCUT2D eigenvalue weighted by Crippen LogP contribution is 2.38. The Morgan fingerprint density at radius 1 is 1.14 bits per heavy atom. The van der Waals surface area contributed by atoms with Crippen LogP contribution < -0.4 is 0 Å². The highest BCUT2D eigenvalue weighted by Gasteiger charge is 2.28. The lowest BCUT2D eigenvalue weighted by molar-refractivity contribution is -0.133. The minimum Gasteiger partial charge on any atom is -0.379 e. The predicted octanol–water partition coefficient (Wildman–Crippen LogP) is 5.40. The summed E-state index contributed by atoms with van der Waals surface area (Å²) in [5, 5.41) is 1.34. The first-order valence-electron chi connectivity index (χ1n) is 13.5. The molecule has 192 valence electrons. The van der Waals surface area contributed by atoms with E-state index in [-0.39, 0.29) is 11.9 Å². The molecule has 2 aromatic heterocycles. The second kappa shape index (κ2) is 10.3. The molecule has 2 aliphatic rings. The molecule has 6 nitrogen and oxygen atoms in total. The van der Waals surface area contributed by atoms with Gasteiger partial charge >= 0.3 is 0 Å². The Kier molecular flexibility index (Phi) is 7.18. The number of fused-ring (bicyclic) bond motifs is 1. The quantitative estimate of drug-likeness (QED) is 0.505. The van der Waals surface area contributed by atoms with Crippen molar-refractivity contribution in [1.29, 1.82) is 0 Å². The summed E-state index contributed by atoms with van der Waals surface area (Å²) in [7, 11) is 1.93. The van der Waals surface area contributed by atoms with Crippen molar-refractivity contribution in [1.82, 2.24) is 19.8 Å². The smallest absolute Gasteiger partial charge is 0.236 e. The highest BCUT2D eigenvalue weighted by atomic mass is 16.5. The average molecular weight is 489 g/mol. The van der Waals surface area contributed by atoms with E-state index in [0.29, 0.717) is 25.0 Å². The number of likely N-dealkylation sites (tertiary alicyclic amines) is 1. The van der Waals surface area contributed by atoms with Gasteiger partial charge in [-0.3, -0.25) is 14.7 Å². The van der Waals surface area contributed by atoms with E-state index in [1.54, 1.807) is 0 Å². The number of carbonyl (C=O) groups excluding carboxylic acids is 1. The van der Waals surface area contributed by atoms with Gasteiger partial charge in [-0.05, 0) is 93.4 Å². The number of hydrogen-bond donors (Lipinski definition) is 1. The molecule has 0 bridgehead atoms. The molecule has 2 fully saturated rings. The number of carbonyl (C=O) groups is 1. The van der Waals surface area contributed by atoms with Crippen LogP contribution in [0.4, 0.5) is 0 Å². The van der Waals surface area contributed by atoms with E-state index in [9.17, 15) is 4.79 Å². The molecular formula is C30H40N4O2. The number of nitrogens with zero attached hydrogens (tertiary/aromatic N) is 3. The molecule has 2 saturated heterocycles. The van der Waals surface area contributed by atoms with Crippen LogP contribution in [0.5, 0.6) is 0 Å². The van der Waals surface area contributed by atoms with Crippen molar-refractivity contribution in [2.24, 2.45) is 0 Å². The minimum absolute atomic E-state index is 0.216. The summed E-state index contributed by atoms with van der Waals surface area (Å²) >= 11 is 0. The molecule has 1 atom stereocenters. The van der Waals surface area contributed by atoms with Gasteiger partial charge in [0.2, 0.25) is 5.91 Å². The lowest BCUT2D eigenvalue weighted by Gasteiger charge is -2.33. The van der Waals surface area contributed by atoms with Crippen LogP contribution in [-0.4, -0.2) is 71.6 Å². The third kappa shape index (κ3) is 5.07. The molecule has 3 aromatic rings. The molecule has 1 aromatic carbocycles. The number of rotatable bonds is 6. The van der Waals surface area contributed by atoms with E-state index in [2.05, 4.69) is 72.9 Å². The standard InChI is InChI=1S/C30H40N4O2/c1-19(2)29-26-16-23(6-7-27(26)32-30(29)24-14-20(3)31-21(4)15-24)22-8-11-34(12-9-22)17-28(35)33(5)25-10-13-36-18-25/h6-7,14-16,19,22,25,32H,8-13,17-18H2,1-5H3/t25-/m0/s1. The monoisotopic (exact) mass is 488 g/mol. The zero-order valence-corrected chi connectivity index (χ0v) is 22.4. The summed E-state index contributed by atoms with van der Waals surface area (Å²) in [5.74, 6) is 1.16. The maximum Gasteiger partial charge on any atom is 0.236 e. The van der Waals surface area contributed by atoms with Crippen molar-refractivity contribution in [3.8, 4) is 11.3 Å². The summed E-state index contributed by atoms with van der Waals surface area (Å²) in [6, 6.07) is 11.6. The minimum atomic E-state index is 0.216. The Labute approximate surface area is 215 Å². The first-order chi connectivity index (χ1) is 17.3. The van der Waals surface area contributed by atoms with Gasteiger partial charge in [-0.1, -0.05) is 19.9 Å². The van der Waals surface area contributed by atoms with Crippen LogP contribution in [0, 0.1) is 13.8 Å². The van der Waals surface area contributed by atoms with E-state index in [1.807, 2.05) is 11.9 Å². The lowest BCUT2D eigenvalue weighted by atomic mass is 9.87. The second-order valence-electron chi connectivity index (χ2n) is 11.1. The van der Waals surface area contributed by atoms with E-state index in [0.717, 1.165) is 50.3 Å². The van der Waals surface area contributed by atoms with E-state index in [1.165, 1.54) is 33.3 Å². The van der Waals surface area contributed by atoms with Gasteiger partial charge in [-0.25, -0.2) is 0 Å². The summed E-state index contributed by atoms with van der Waals surface area (Å²) in [6.07, 6.45) is 3.13. The Bertz CT molecular complexity index is 1210. The van der Waals surface area contributed by atoms with Crippen molar-refractivity contribution in [2.45, 2.75) is 64.8 Å². The topological polar surface area (TPSA) is 61.5 Å². The fraction of sp³-hybridized carbons (Fsp3) is 0.533. The normalized spacial score (nSPS) is 19.4. The number of aryl methyl sites for hydroxylation is 2. The van der Waals surface area contributed by atoms with Crippen LogP contribution in [0.2, 0.25) is 0 Å². The molecular weight excluding hydrogens is 448 g/mol. The van der Waals surface area contributed by atoms with Gasteiger partial charge < -0.3 is 14.6 Å². The van der Waals surface area contributed by atoms with Gasteiger partial charge in [-0.15, -0.1) is 0 Å². The second-order valence-corrected chi connectivity index (χ2v) is 11.1. The number of piperidine rings is 1. The highest BCUT2D eigenvalue weighted by molar-refractivity contribution is 5.92. The lowest BCUT2D eigenvalue weighted by Crippen LogP contribution is -2.45. The SMILES string of the molecule is Cc1cc(-c2[nH]c3ccc(C4CCN(CC(=O)N(C)[C@H]5CCOC5)CC4)cc3c2C(C)C)cc(C)n1. The molecule has 2 aliphatic heterocycles. The molecule has 4 heterocycles. The van der Waals surface area contributed by atoms with Crippen molar-refractivity contribution in [3.63, 3.8) is 0 Å². The van der Waals surface area contributed by atoms with E-state index < -0.39 is 0 Å². The fourth-order valence-electron chi connectivity index (χ4n) is 6.05. The fourth-order valence-corrected chi connectivity index (χ4v) is 6.05. The zero-order chi connectivity index (χ0) is 25.4. The van der Waals surface area contributed by atoms with Crippen molar-refractivity contribution >= 4 is 16.8 Å². The number of H-pyrrole nitrogens is 1. The van der Waals surface area contributed by atoms with Crippen LogP contribution >= 0.6 is 0 Å². The van der Waals surface area contributed by atoms with Crippen molar-refractivity contribution in [3.05, 3.63) is 52.8 Å². The Hall–Kier alpha value is -2.70. The third-order valence-electron chi connectivity index (χ3n) is 8.07. The first-order valence-corrected chi connectivity index (χ1v) is 13.5. The molecule has 0 spiro atoms. The van der Waals surface area contributed by atoms with E-state index >= 15 is 0 Å². The average Bonchev–Trinajstić information content (AvgIpc) is 3.51. The molecule has 0 unspecified atom stereocenters. The maximum absolute atomic E-state index is 12.8. The molecule has 0 aliphatic carbocycles. The first kappa shape index (κ1) is 25.0. The van der Waals surface area contributed by atoms with Crippen LogP contribution in [0.15, 0.2) is 30.3 Å². The molecule has 0 radical (unpaired) electrons. The number of benzene rings is 1. The Morgan fingerprint density at radius 2 is 1.86 bits per heavy atom. The number of pyridine rings is 1. The molecule has 1 amide bonds. The Balaban J connectivity index is 1.31. The zero-order valence-electron chi connectivity index (χ0n) is 22.4. The van der Waals surface area contributed by atoms with Gasteiger partial charge in [0.05, 0.1) is 24.9 Å². The van der Waals surface area contributed by atoms with E-state index in [4.69, 9.17) is 4.74 Å². The van der Waals surface area contributed by atoms with Crippen LogP contribution in [0.25, 0.3) is 22.2 Å². The number of hydrogen-bond acceptors (Lipinski definition) is 4. The number of aromatic amines is 1. The third-order valence-corrected chi connectivity index (χ3v) is 8.07. The molecule has 0 saturated carbocycles. The van der Waals surface area contributed by atoms with Gasteiger partial charge in [0.15, 0.2) is 0 Å². The molecule has 6 heteroatoms. The van der Waals surface area contributed by atoms with Gasteiger partial charge in [0.25, 0.3) is 0 Å². The van der Waals surface area contributed by atoms with Gasteiger partial charge in [-0.2, -0.15) is 0 Å². The number of nitrogens with one attached hydrogen (secondary N) is 1. The number of aromatic nitrogens is 2. The van der Waals surface area contributed by atoms with Crippen molar-refractivity contribution < 1.29 is 9.53 Å². The maximum atomic E-state index is 12.8. The summed E-state index contributed by atoms with van der Waals surface area (Å²) < 4.78 is 5.46. The summed E-state index contributed by atoms with van der Waals surface area (Å²) in [6.45, 7) is 12.6. The number of ether oxygens (including phenoxy) is 1. The molecule has 36 heavy (non-hydrogen) atoms. The van der Waals surface area contributed by atoms with Gasteiger partial charge in [0, 0.05) is 41.5 Å². The van der Waals surface area contributed by atoms with Crippen LogP contribution in [-0.2, 0) is 9.53 Å². The van der Waals surface area contributed by atoms with Crippen LogP contribution in [0.3, 0.4) is 0 Å². The van der Waals surface area contributed by atoms with Crippen LogP contribution in [0.1, 0.15) is 67.5 Å². The summed E-state index contributed by atoms with van der Waals surface area (Å²) in [4.78, 5) is 25.3. The summed E-state index contributed by atoms with van der Waals surface area (Å²) in [5.41, 5.74) is 8.54. The largest absolute Gasteiger partial charge is 0.379 e. The molecule has 5 rings (SSSR count). The molecule has 1 N–H and O–H groups in total. The number of likely N-dealkylation sites (N-methyl/N-ethyl adjacent to an activating group) is 1. The van der Waals surface area contributed by atoms with Gasteiger partial charge in [0.1, 0.15) is 0 Å². The number of amides is 1. The predicted molar refractivity (Wildman–Crippen MR) is 146 cm³/mol. The Morgan fingerprint density at radius 3 is 2.50 bits per heavy atom.